The standard InChI is InChI=1S/C16H24N2O3/c1-5-13-6-8-14(9-7-13)11(2)17-10-15(16(20)21-4)18-12(3)19/h6-9,11,15,17H,5,10H2,1-4H3,(H,18,19). The largest absolute Gasteiger partial charge is 0.467 e. The smallest absolute Gasteiger partial charge is 0.329 e. The maximum Gasteiger partial charge on any atom is 0.329 e. The van der Waals surface area contributed by atoms with Gasteiger partial charge in [0.1, 0.15) is 6.04 Å². The zero-order valence-corrected chi connectivity index (χ0v) is 13.1. The molecule has 0 aliphatic carbocycles. The van der Waals surface area contributed by atoms with Gasteiger partial charge in [0, 0.05) is 19.5 Å². The number of esters is 1. The third-order valence-electron chi connectivity index (χ3n) is 3.38. The summed E-state index contributed by atoms with van der Waals surface area (Å²) >= 11 is 0. The van der Waals surface area contributed by atoms with Crippen LogP contribution in [-0.4, -0.2) is 31.6 Å². The van der Waals surface area contributed by atoms with Crippen molar-refractivity contribution in [1.29, 1.82) is 0 Å². The first-order valence-electron chi connectivity index (χ1n) is 7.15. The molecule has 2 atom stereocenters. The van der Waals surface area contributed by atoms with Crippen LogP contribution in [0, 0.1) is 0 Å². The minimum absolute atomic E-state index is 0.0804. The Morgan fingerprint density at radius 1 is 1.24 bits per heavy atom. The van der Waals surface area contributed by atoms with Crippen LogP contribution in [0.25, 0.3) is 0 Å². The minimum Gasteiger partial charge on any atom is -0.467 e. The Morgan fingerprint density at radius 2 is 1.86 bits per heavy atom. The molecule has 0 saturated carbocycles. The van der Waals surface area contributed by atoms with E-state index < -0.39 is 12.0 Å². The normalized spacial score (nSPS) is 13.3. The van der Waals surface area contributed by atoms with E-state index in [0.717, 1.165) is 12.0 Å². The second-order valence-electron chi connectivity index (χ2n) is 5.00. The van der Waals surface area contributed by atoms with Crippen molar-refractivity contribution >= 4 is 11.9 Å². The van der Waals surface area contributed by atoms with Crippen molar-refractivity contribution < 1.29 is 14.3 Å². The predicted molar refractivity (Wildman–Crippen MR) is 81.9 cm³/mol. The zero-order valence-electron chi connectivity index (χ0n) is 13.1. The fourth-order valence-corrected chi connectivity index (χ4v) is 2.04. The van der Waals surface area contributed by atoms with E-state index in [0.29, 0.717) is 6.54 Å². The molecule has 0 aliphatic rings. The minimum atomic E-state index is -0.676. The second-order valence-corrected chi connectivity index (χ2v) is 5.00. The van der Waals surface area contributed by atoms with Crippen LogP contribution in [0.1, 0.15) is 37.9 Å². The fourth-order valence-electron chi connectivity index (χ4n) is 2.04. The maximum absolute atomic E-state index is 11.6. The van der Waals surface area contributed by atoms with Crippen LogP contribution in [0.15, 0.2) is 24.3 Å². The van der Waals surface area contributed by atoms with E-state index in [9.17, 15) is 9.59 Å². The first-order chi connectivity index (χ1) is 9.97. The van der Waals surface area contributed by atoms with E-state index in [2.05, 4.69) is 46.6 Å². The Morgan fingerprint density at radius 3 is 2.33 bits per heavy atom. The summed E-state index contributed by atoms with van der Waals surface area (Å²) in [5.41, 5.74) is 2.43. The highest BCUT2D eigenvalue weighted by Gasteiger charge is 2.20. The number of benzene rings is 1. The number of carbonyl (C=O) groups is 2. The molecule has 2 N–H and O–H groups in total. The average molecular weight is 292 g/mol. The fraction of sp³-hybridized carbons (Fsp3) is 0.500. The third kappa shape index (κ3) is 5.55. The van der Waals surface area contributed by atoms with E-state index in [1.54, 1.807) is 0 Å². The number of methoxy groups -OCH3 is 1. The Balaban J connectivity index is 2.60. The van der Waals surface area contributed by atoms with Gasteiger partial charge in [0.15, 0.2) is 0 Å². The first-order valence-corrected chi connectivity index (χ1v) is 7.15. The average Bonchev–Trinajstić information content (AvgIpc) is 2.50. The van der Waals surface area contributed by atoms with E-state index >= 15 is 0 Å². The van der Waals surface area contributed by atoms with Gasteiger partial charge in [-0.2, -0.15) is 0 Å². The Labute approximate surface area is 126 Å². The summed E-state index contributed by atoms with van der Waals surface area (Å²) in [7, 11) is 1.31. The lowest BCUT2D eigenvalue weighted by molar-refractivity contribution is -0.144. The molecule has 0 saturated heterocycles. The molecule has 1 aromatic carbocycles. The van der Waals surface area contributed by atoms with Crippen LogP contribution < -0.4 is 10.6 Å². The summed E-state index contributed by atoms with van der Waals surface area (Å²) < 4.78 is 4.69. The molecule has 5 nitrogen and oxygen atoms in total. The van der Waals surface area contributed by atoms with Gasteiger partial charge < -0.3 is 15.4 Å². The van der Waals surface area contributed by atoms with Gasteiger partial charge in [0.25, 0.3) is 0 Å². The SMILES string of the molecule is CCc1ccc(C(C)NCC(NC(C)=O)C(=O)OC)cc1. The lowest BCUT2D eigenvalue weighted by Gasteiger charge is -2.20. The molecule has 21 heavy (non-hydrogen) atoms. The molecule has 116 valence electrons. The van der Waals surface area contributed by atoms with Crippen LogP contribution in [-0.2, 0) is 20.7 Å². The van der Waals surface area contributed by atoms with Gasteiger partial charge in [0.2, 0.25) is 5.91 Å². The van der Waals surface area contributed by atoms with Crippen molar-refractivity contribution in [3.05, 3.63) is 35.4 Å². The highest BCUT2D eigenvalue weighted by Crippen LogP contribution is 2.13. The topological polar surface area (TPSA) is 67.4 Å². The summed E-state index contributed by atoms with van der Waals surface area (Å²) in [4.78, 5) is 22.7. The van der Waals surface area contributed by atoms with Crippen molar-refractivity contribution in [2.45, 2.75) is 39.3 Å². The molecule has 0 fully saturated rings. The molecular weight excluding hydrogens is 268 g/mol. The summed E-state index contributed by atoms with van der Waals surface area (Å²) in [6, 6.07) is 7.74. The molecule has 1 amide bonds. The lowest BCUT2D eigenvalue weighted by Crippen LogP contribution is -2.47. The predicted octanol–water partition coefficient (Wildman–Crippen LogP) is 1.58. The molecule has 1 aromatic rings. The quantitative estimate of drug-likeness (QED) is 0.749. The molecule has 0 spiro atoms. The molecule has 0 aliphatic heterocycles. The number of rotatable bonds is 7. The molecular formula is C16H24N2O3. The highest BCUT2D eigenvalue weighted by atomic mass is 16.5. The molecule has 2 unspecified atom stereocenters. The number of amides is 1. The van der Waals surface area contributed by atoms with Crippen molar-refractivity contribution in [2.75, 3.05) is 13.7 Å². The summed E-state index contributed by atoms with van der Waals surface area (Å²) in [5, 5.41) is 5.82. The number of carbonyl (C=O) groups excluding carboxylic acids is 2. The van der Waals surface area contributed by atoms with Gasteiger partial charge in [-0.1, -0.05) is 31.2 Å². The molecule has 0 bridgehead atoms. The zero-order chi connectivity index (χ0) is 15.8. The summed E-state index contributed by atoms with van der Waals surface area (Å²) in [6.45, 7) is 5.83. The number of aryl methyl sites for hydroxylation is 1. The number of ether oxygens (including phenoxy) is 1. The number of nitrogens with one attached hydrogen (secondary N) is 2. The van der Waals surface area contributed by atoms with Gasteiger partial charge in [-0.15, -0.1) is 0 Å². The Kier molecular flexibility index (Phi) is 6.88. The summed E-state index contributed by atoms with van der Waals surface area (Å²) in [5.74, 6) is -0.710. The Bertz CT molecular complexity index is 471. The van der Waals surface area contributed by atoms with Crippen LogP contribution in [0.3, 0.4) is 0 Å². The number of hydrogen-bond donors (Lipinski definition) is 2. The van der Waals surface area contributed by atoms with Crippen molar-refractivity contribution in [2.24, 2.45) is 0 Å². The highest BCUT2D eigenvalue weighted by molar-refractivity contribution is 5.83. The van der Waals surface area contributed by atoms with Gasteiger partial charge in [-0.25, -0.2) is 4.79 Å². The summed E-state index contributed by atoms with van der Waals surface area (Å²) in [6.07, 6.45) is 1.01. The van der Waals surface area contributed by atoms with E-state index in [1.165, 1.54) is 19.6 Å². The molecule has 0 radical (unpaired) electrons. The van der Waals surface area contributed by atoms with E-state index in [-0.39, 0.29) is 11.9 Å². The number of hydrogen-bond acceptors (Lipinski definition) is 4. The van der Waals surface area contributed by atoms with E-state index in [4.69, 9.17) is 0 Å². The van der Waals surface area contributed by atoms with Crippen LogP contribution in [0.5, 0.6) is 0 Å². The van der Waals surface area contributed by atoms with Gasteiger partial charge >= 0.3 is 5.97 Å². The van der Waals surface area contributed by atoms with Gasteiger partial charge in [-0.3, -0.25) is 4.79 Å². The third-order valence-corrected chi connectivity index (χ3v) is 3.38. The van der Waals surface area contributed by atoms with Crippen LogP contribution >= 0.6 is 0 Å². The lowest BCUT2D eigenvalue weighted by atomic mass is 10.0. The molecule has 0 heterocycles. The van der Waals surface area contributed by atoms with Crippen LogP contribution in [0.2, 0.25) is 0 Å². The molecule has 1 rings (SSSR count). The van der Waals surface area contributed by atoms with Gasteiger partial charge in [-0.05, 0) is 24.5 Å². The Hall–Kier alpha value is -1.88. The van der Waals surface area contributed by atoms with Crippen molar-refractivity contribution in [3.63, 3.8) is 0 Å². The second kappa shape index (κ2) is 8.42. The monoisotopic (exact) mass is 292 g/mol. The van der Waals surface area contributed by atoms with Gasteiger partial charge in [0.05, 0.1) is 7.11 Å². The van der Waals surface area contributed by atoms with Crippen molar-refractivity contribution in [1.82, 2.24) is 10.6 Å². The molecule has 5 heteroatoms. The first kappa shape index (κ1) is 17.2. The maximum atomic E-state index is 11.6. The van der Waals surface area contributed by atoms with Crippen molar-refractivity contribution in [3.8, 4) is 0 Å². The van der Waals surface area contributed by atoms with Crippen LogP contribution in [0.4, 0.5) is 0 Å². The molecule has 0 aromatic heterocycles. The van der Waals surface area contributed by atoms with E-state index in [1.807, 2.05) is 6.92 Å².